The van der Waals surface area contributed by atoms with E-state index in [1.54, 1.807) is 0 Å². The summed E-state index contributed by atoms with van der Waals surface area (Å²) in [6.07, 6.45) is 0. The van der Waals surface area contributed by atoms with E-state index >= 15 is 0 Å². The molecule has 2 aromatic carbocycles. The Bertz CT molecular complexity index is 742. The smallest absolute Gasteiger partial charge is 0.125 e. The number of furan rings is 1. The highest BCUT2D eigenvalue weighted by atomic mass is 16.3. The highest BCUT2D eigenvalue weighted by Gasteiger charge is 2.19. The van der Waals surface area contributed by atoms with Gasteiger partial charge in [0.25, 0.3) is 0 Å². The van der Waals surface area contributed by atoms with Gasteiger partial charge in [0.15, 0.2) is 0 Å². The molecule has 2 nitrogen and oxygen atoms in total. The maximum atomic E-state index is 5.83. The Morgan fingerprint density at radius 3 is 2.45 bits per heavy atom. The van der Waals surface area contributed by atoms with Crippen LogP contribution in [0, 0.1) is 13.8 Å². The number of benzene rings is 2. The second kappa shape index (κ2) is 5.14. The van der Waals surface area contributed by atoms with Crippen LogP contribution in [-0.2, 0) is 0 Å². The molecule has 0 saturated heterocycles. The van der Waals surface area contributed by atoms with Crippen LogP contribution in [0.3, 0.4) is 0 Å². The van der Waals surface area contributed by atoms with Crippen LogP contribution in [0.2, 0.25) is 0 Å². The molecule has 2 heteroatoms. The van der Waals surface area contributed by atoms with Gasteiger partial charge in [-0.2, -0.15) is 0 Å². The van der Waals surface area contributed by atoms with Crippen LogP contribution < -0.4 is 5.32 Å². The number of hydrogen-bond donors (Lipinski definition) is 1. The van der Waals surface area contributed by atoms with E-state index in [1.165, 1.54) is 21.9 Å². The summed E-state index contributed by atoms with van der Waals surface area (Å²) in [6.45, 7) is 4.13. The lowest BCUT2D eigenvalue weighted by atomic mass is 9.93. The lowest BCUT2D eigenvalue weighted by Gasteiger charge is -2.19. The summed E-state index contributed by atoms with van der Waals surface area (Å²) in [5.74, 6) is 1.91. The highest BCUT2D eigenvalue weighted by molar-refractivity contribution is 5.87. The molecule has 0 radical (unpaired) electrons. The average molecular weight is 265 g/mol. The molecule has 0 aliphatic rings. The first-order chi connectivity index (χ1) is 9.70. The molecule has 20 heavy (non-hydrogen) atoms. The molecular formula is C18H19NO. The Hall–Kier alpha value is -2.06. The van der Waals surface area contributed by atoms with Gasteiger partial charge in [-0.25, -0.2) is 0 Å². The van der Waals surface area contributed by atoms with Gasteiger partial charge in [-0.05, 0) is 54.9 Å². The summed E-state index contributed by atoms with van der Waals surface area (Å²) in [7, 11) is 1.98. The topological polar surface area (TPSA) is 25.2 Å². The summed E-state index contributed by atoms with van der Waals surface area (Å²) in [5.41, 5.74) is 2.57. The normalized spacial score (nSPS) is 12.8. The van der Waals surface area contributed by atoms with Gasteiger partial charge in [-0.3, -0.25) is 0 Å². The zero-order valence-electron chi connectivity index (χ0n) is 12.1. The Morgan fingerprint density at radius 2 is 1.75 bits per heavy atom. The van der Waals surface area contributed by atoms with Crippen LogP contribution in [0.4, 0.5) is 0 Å². The molecule has 0 saturated carbocycles. The predicted molar refractivity (Wildman–Crippen MR) is 83.0 cm³/mol. The van der Waals surface area contributed by atoms with Gasteiger partial charge in [0.05, 0.1) is 6.04 Å². The fraction of sp³-hybridized carbons (Fsp3) is 0.222. The first kappa shape index (κ1) is 12.9. The molecule has 1 unspecified atom stereocenters. The Balaban J connectivity index is 2.23. The van der Waals surface area contributed by atoms with E-state index < -0.39 is 0 Å². The van der Waals surface area contributed by atoms with Crippen molar-refractivity contribution in [3.8, 4) is 0 Å². The molecule has 0 aliphatic heterocycles. The monoisotopic (exact) mass is 265 g/mol. The third kappa shape index (κ3) is 2.12. The summed E-state index contributed by atoms with van der Waals surface area (Å²) < 4.78 is 5.83. The lowest BCUT2D eigenvalue weighted by Crippen LogP contribution is -2.18. The summed E-state index contributed by atoms with van der Waals surface area (Å²) in [6, 6.07) is 17.0. The molecule has 1 heterocycles. The van der Waals surface area contributed by atoms with Gasteiger partial charge in [0.2, 0.25) is 0 Å². The predicted octanol–water partition coefficient (Wildman–Crippen LogP) is 4.36. The van der Waals surface area contributed by atoms with Crippen LogP contribution in [0.1, 0.15) is 28.7 Å². The van der Waals surface area contributed by atoms with Gasteiger partial charge in [-0.15, -0.1) is 0 Å². The minimum absolute atomic E-state index is 0.0785. The molecule has 0 amide bonds. The maximum absolute atomic E-state index is 5.83. The number of nitrogens with one attached hydrogen (secondary N) is 1. The molecule has 0 spiro atoms. The van der Waals surface area contributed by atoms with Gasteiger partial charge >= 0.3 is 0 Å². The molecular weight excluding hydrogens is 246 g/mol. The van der Waals surface area contributed by atoms with E-state index in [9.17, 15) is 0 Å². The van der Waals surface area contributed by atoms with Crippen LogP contribution in [0.15, 0.2) is 52.9 Å². The highest BCUT2D eigenvalue weighted by Crippen LogP contribution is 2.32. The molecule has 1 N–H and O–H groups in total. The summed E-state index contributed by atoms with van der Waals surface area (Å²) in [5, 5.41) is 5.93. The first-order valence-electron chi connectivity index (χ1n) is 6.92. The Morgan fingerprint density at radius 1 is 0.950 bits per heavy atom. The second-order valence-corrected chi connectivity index (χ2v) is 5.19. The number of rotatable bonds is 3. The average Bonchev–Trinajstić information content (AvgIpc) is 2.88. The van der Waals surface area contributed by atoms with Crippen molar-refractivity contribution in [2.45, 2.75) is 19.9 Å². The minimum Gasteiger partial charge on any atom is -0.464 e. The number of aryl methyl sites for hydroxylation is 2. The van der Waals surface area contributed by atoms with Crippen molar-refractivity contribution in [2.75, 3.05) is 7.05 Å². The molecule has 0 fully saturated rings. The van der Waals surface area contributed by atoms with Gasteiger partial charge in [-0.1, -0.05) is 36.4 Å². The van der Waals surface area contributed by atoms with E-state index in [2.05, 4.69) is 54.7 Å². The number of fused-ring (bicyclic) bond motifs is 1. The van der Waals surface area contributed by atoms with Crippen molar-refractivity contribution in [1.82, 2.24) is 5.32 Å². The molecule has 102 valence electrons. The van der Waals surface area contributed by atoms with E-state index in [4.69, 9.17) is 4.42 Å². The molecule has 1 atom stereocenters. The quantitative estimate of drug-likeness (QED) is 0.761. The van der Waals surface area contributed by atoms with E-state index in [0.29, 0.717) is 0 Å². The third-order valence-electron chi connectivity index (χ3n) is 3.81. The second-order valence-electron chi connectivity index (χ2n) is 5.19. The summed E-state index contributed by atoms with van der Waals surface area (Å²) in [4.78, 5) is 0. The zero-order chi connectivity index (χ0) is 14.1. The minimum atomic E-state index is 0.0785. The molecule has 3 rings (SSSR count). The van der Waals surface area contributed by atoms with Crippen LogP contribution in [0.5, 0.6) is 0 Å². The fourth-order valence-corrected chi connectivity index (χ4v) is 2.83. The van der Waals surface area contributed by atoms with Crippen LogP contribution in [0.25, 0.3) is 10.8 Å². The SMILES string of the molecule is CNC(c1ccc(C)o1)c1c(C)ccc2ccccc12. The third-order valence-corrected chi connectivity index (χ3v) is 3.81. The first-order valence-corrected chi connectivity index (χ1v) is 6.92. The van der Waals surface area contributed by atoms with Crippen molar-refractivity contribution < 1.29 is 4.42 Å². The van der Waals surface area contributed by atoms with Crippen LogP contribution in [-0.4, -0.2) is 7.05 Å². The largest absolute Gasteiger partial charge is 0.464 e. The van der Waals surface area contributed by atoms with E-state index in [1.807, 2.05) is 20.0 Å². The molecule has 0 aliphatic carbocycles. The Kier molecular flexibility index (Phi) is 3.33. The van der Waals surface area contributed by atoms with Gasteiger partial charge < -0.3 is 9.73 Å². The number of hydrogen-bond acceptors (Lipinski definition) is 2. The lowest BCUT2D eigenvalue weighted by molar-refractivity contribution is 0.444. The molecule has 0 bridgehead atoms. The standard InChI is InChI=1S/C18H19NO/c1-12-8-10-14-6-4-5-7-15(14)17(12)18(19-3)16-11-9-13(2)20-16/h4-11,18-19H,1-3H3. The zero-order valence-corrected chi connectivity index (χ0v) is 12.1. The van der Waals surface area contributed by atoms with Crippen LogP contribution >= 0.6 is 0 Å². The van der Waals surface area contributed by atoms with Crippen molar-refractivity contribution in [2.24, 2.45) is 0 Å². The molecule has 1 aromatic heterocycles. The van der Waals surface area contributed by atoms with Crippen molar-refractivity contribution in [1.29, 1.82) is 0 Å². The van der Waals surface area contributed by atoms with Gasteiger partial charge in [0.1, 0.15) is 11.5 Å². The van der Waals surface area contributed by atoms with E-state index in [-0.39, 0.29) is 6.04 Å². The fourth-order valence-electron chi connectivity index (χ4n) is 2.83. The van der Waals surface area contributed by atoms with Crippen molar-refractivity contribution in [3.05, 3.63) is 71.2 Å². The van der Waals surface area contributed by atoms with Gasteiger partial charge in [0, 0.05) is 0 Å². The van der Waals surface area contributed by atoms with E-state index in [0.717, 1.165) is 11.5 Å². The summed E-state index contributed by atoms with van der Waals surface area (Å²) >= 11 is 0. The maximum Gasteiger partial charge on any atom is 0.125 e. The Labute approximate surface area is 119 Å². The van der Waals surface area contributed by atoms with Crippen molar-refractivity contribution in [3.63, 3.8) is 0 Å². The molecule has 3 aromatic rings. The van der Waals surface area contributed by atoms with Crippen molar-refractivity contribution >= 4 is 10.8 Å².